The maximum Gasteiger partial charge on any atom is 0.326 e. The first-order chi connectivity index (χ1) is 7.92. The number of carbonyl (C=O) groups is 2. The van der Waals surface area contributed by atoms with Gasteiger partial charge in [0.1, 0.15) is 11.8 Å². The molecule has 2 unspecified atom stereocenters. The van der Waals surface area contributed by atoms with E-state index in [0.717, 1.165) is 6.42 Å². The number of rotatable bonds is 5. The average molecular weight is 241 g/mol. The lowest BCUT2D eigenvalue weighted by Gasteiger charge is -2.25. The second kappa shape index (κ2) is 5.31. The number of ether oxygens (including phenoxy) is 2. The van der Waals surface area contributed by atoms with Crippen molar-refractivity contribution in [2.45, 2.75) is 51.9 Å². The normalized spacial score (nSPS) is 25.2. The van der Waals surface area contributed by atoms with E-state index in [9.17, 15) is 9.59 Å². The van der Waals surface area contributed by atoms with E-state index < -0.39 is 17.8 Å². The molecule has 0 aromatic rings. The Morgan fingerprint density at radius 2 is 2.24 bits per heavy atom. The molecule has 0 fully saturated rings. The minimum atomic E-state index is -1.53. The number of esters is 1. The molecule has 0 spiro atoms. The fourth-order valence-corrected chi connectivity index (χ4v) is 1.55. The molecule has 0 aromatic carbocycles. The molecular weight excluding hydrogens is 222 g/mol. The van der Waals surface area contributed by atoms with E-state index in [-0.39, 0.29) is 5.78 Å². The molecule has 0 bridgehead atoms. The lowest BCUT2D eigenvalue weighted by molar-refractivity contribution is -0.203. The van der Waals surface area contributed by atoms with Gasteiger partial charge in [-0.1, -0.05) is 20.3 Å². The number of carbonyl (C=O) groups excluding carboxylic acids is 2. The van der Waals surface area contributed by atoms with Crippen LogP contribution in [0.15, 0.2) is 11.8 Å². The fraction of sp³-hybridized carbons (Fsp3) is 0.667. The van der Waals surface area contributed by atoms with Gasteiger partial charge >= 0.3 is 11.8 Å². The van der Waals surface area contributed by atoms with Gasteiger partial charge in [-0.15, -0.1) is 0 Å². The zero-order chi connectivity index (χ0) is 13.1. The molecule has 0 aromatic heterocycles. The van der Waals surface area contributed by atoms with Gasteiger partial charge in [0.2, 0.25) is 5.78 Å². The Hall–Kier alpha value is -1.36. The van der Waals surface area contributed by atoms with Crippen molar-refractivity contribution in [3.63, 3.8) is 0 Å². The van der Waals surface area contributed by atoms with Crippen LogP contribution in [0.25, 0.3) is 0 Å². The van der Waals surface area contributed by atoms with E-state index in [4.69, 9.17) is 15.2 Å². The summed E-state index contributed by atoms with van der Waals surface area (Å²) in [5.41, 5.74) is 5.62. The summed E-state index contributed by atoms with van der Waals surface area (Å²) in [5, 5.41) is 0. The molecule has 5 heteroatoms. The predicted molar refractivity (Wildman–Crippen MR) is 61.8 cm³/mol. The summed E-state index contributed by atoms with van der Waals surface area (Å²) in [6.07, 6.45) is 3.25. The number of hydrogen-bond acceptors (Lipinski definition) is 5. The Bertz CT molecular complexity index is 350. The van der Waals surface area contributed by atoms with Crippen LogP contribution in [0, 0.1) is 0 Å². The van der Waals surface area contributed by atoms with E-state index in [1.807, 2.05) is 13.8 Å². The maximum atomic E-state index is 11.7. The Morgan fingerprint density at radius 3 is 2.71 bits per heavy atom. The average Bonchev–Trinajstić information content (AvgIpc) is 2.55. The lowest BCUT2D eigenvalue weighted by Crippen LogP contribution is -2.43. The molecule has 1 rings (SSSR count). The highest BCUT2D eigenvalue weighted by molar-refractivity contribution is 5.99. The molecule has 5 nitrogen and oxygen atoms in total. The van der Waals surface area contributed by atoms with Crippen molar-refractivity contribution in [2.75, 3.05) is 0 Å². The summed E-state index contributed by atoms with van der Waals surface area (Å²) in [6.45, 7) is 5.21. The predicted octanol–water partition coefficient (Wildman–Crippen LogP) is 1.27. The van der Waals surface area contributed by atoms with Crippen molar-refractivity contribution in [1.29, 1.82) is 0 Å². The van der Waals surface area contributed by atoms with Crippen molar-refractivity contribution in [3.05, 3.63) is 11.8 Å². The monoisotopic (exact) mass is 241 g/mol. The first kappa shape index (κ1) is 13.7. The summed E-state index contributed by atoms with van der Waals surface area (Å²) in [5.74, 6) is -1.97. The minimum absolute atomic E-state index is 0.355. The second-order valence-corrected chi connectivity index (χ2v) is 4.19. The van der Waals surface area contributed by atoms with Crippen LogP contribution in [0.5, 0.6) is 0 Å². The molecule has 0 radical (unpaired) electrons. The van der Waals surface area contributed by atoms with Crippen LogP contribution in [0.1, 0.15) is 40.0 Å². The van der Waals surface area contributed by atoms with E-state index in [2.05, 4.69) is 0 Å². The summed E-state index contributed by atoms with van der Waals surface area (Å²) in [4.78, 5) is 23.3. The smallest absolute Gasteiger partial charge is 0.326 e. The van der Waals surface area contributed by atoms with Crippen LogP contribution >= 0.6 is 0 Å². The van der Waals surface area contributed by atoms with Gasteiger partial charge in [0.05, 0.1) is 0 Å². The van der Waals surface area contributed by atoms with Gasteiger partial charge in [-0.25, -0.2) is 0 Å². The number of hydrogen-bond donors (Lipinski definition) is 1. The summed E-state index contributed by atoms with van der Waals surface area (Å²) in [6, 6.07) is -0.709. The number of ketones is 1. The molecule has 0 amide bonds. The van der Waals surface area contributed by atoms with Crippen LogP contribution in [-0.2, 0) is 19.1 Å². The standard InChI is InChI=1S/C12H19NO4/c1-4-6-9(13)11(15)17-12(3)10(14)7-8(5-2)16-12/h7,9H,4-6,13H2,1-3H3. The van der Waals surface area contributed by atoms with E-state index in [1.54, 1.807) is 0 Å². The van der Waals surface area contributed by atoms with Crippen molar-refractivity contribution >= 4 is 11.8 Å². The summed E-state index contributed by atoms with van der Waals surface area (Å²) < 4.78 is 10.4. The molecule has 0 saturated heterocycles. The fourth-order valence-electron chi connectivity index (χ4n) is 1.55. The zero-order valence-corrected chi connectivity index (χ0v) is 10.5. The van der Waals surface area contributed by atoms with Crippen LogP contribution in [0.4, 0.5) is 0 Å². The van der Waals surface area contributed by atoms with Crippen molar-refractivity contribution in [3.8, 4) is 0 Å². The summed E-state index contributed by atoms with van der Waals surface area (Å²) >= 11 is 0. The van der Waals surface area contributed by atoms with Crippen molar-refractivity contribution in [1.82, 2.24) is 0 Å². The second-order valence-electron chi connectivity index (χ2n) is 4.19. The van der Waals surface area contributed by atoms with Crippen LogP contribution < -0.4 is 5.73 Å². The zero-order valence-electron chi connectivity index (χ0n) is 10.5. The lowest BCUT2D eigenvalue weighted by atomic mass is 10.1. The van der Waals surface area contributed by atoms with Crippen LogP contribution in [-0.4, -0.2) is 23.6 Å². The highest BCUT2D eigenvalue weighted by Gasteiger charge is 2.44. The molecule has 96 valence electrons. The van der Waals surface area contributed by atoms with E-state index >= 15 is 0 Å². The van der Waals surface area contributed by atoms with Gasteiger partial charge in [0, 0.05) is 19.4 Å². The number of nitrogens with two attached hydrogens (primary N) is 1. The molecule has 1 aliphatic heterocycles. The quantitative estimate of drug-likeness (QED) is 0.733. The Labute approximate surface area is 101 Å². The topological polar surface area (TPSA) is 78.6 Å². The molecule has 0 aliphatic carbocycles. The molecule has 1 heterocycles. The first-order valence-corrected chi connectivity index (χ1v) is 5.85. The molecule has 2 N–H and O–H groups in total. The Balaban J connectivity index is 2.63. The van der Waals surface area contributed by atoms with Crippen LogP contribution in [0.3, 0.4) is 0 Å². The summed E-state index contributed by atoms with van der Waals surface area (Å²) in [7, 11) is 0. The Morgan fingerprint density at radius 1 is 1.59 bits per heavy atom. The highest BCUT2D eigenvalue weighted by Crippen LogP contribution is 2.28. The van der Waals surface area contributed by atoms with Crippen molar-refractivity contribution < 1.29 is 19.1 Å². The molecule has 1 aliphatic rings. The van der Waals surface area contributed by atoms with E-state index in [0.29, 0.717) is 18.6 Å². The van der Waals surface area contributed by atoms with Crippen LogP contribution in [0.2, 0.25) is 0 Å². The van der Waals surface area contributed by atoms with Gasteiger partial charge in [0.25, 0.3) is 0 Å². The SMILES string of the molecule is CCCC(N)C(=O)OC1(C)OC(CC)=CC1=O. The van der Waals surface area contributed by atoms with Crippen molar-refractivity contribution in [2.24, 2.45) is 5.73 Å². The van der Waals surface area contributed by atoms with Gasteiger partial charge < -0.3 is 15.2 Å². The first-order valence-electron chi connectivity index (χ1n) is 5.85. The van der Waals surface area contributed by atoms with E-state index in [1.165, 1.54) is 13.0 Å². The Kier molecular flexibility index (Phi) is 4.28. The third-order valence-corrected chi connectivity index (χ3v) is 2.61. The number of allylic oxidation sites excluding steroid dienone is 1. The van der Waals surface area contributed by atoms with Gasteiger partial charge in [0.15, 0.2) is 0 Å². The maximum absolute atomic E-state index is 11.7. The third kappa shape index (κ3) is 3.06. The third-order valence-electron chi connectivity index (χ3n) is 2.61. The molecule has 17 heavy (non-hydrogen) atoms. The molecule has 0 saturated carbocycles. The minimum Gasteiger partial charge on any atom is -0.450 e. The van der Waals surface area contributed by atoms with Gasteiger partial charge in [-0.05, 0) is 6.42 Å². The highest BCUT2D eigenvalue weighted by atomic mass is 16.7. The molecule has 2 atom stereocenters. The molecular formula is C12H19NO4. The largest absolute Gasteiger partial charge is 0.450 e. The van der Waals surface area contributed by atoms with Gasteiger partial charge in [-0.2, -0.15) is 0 Å². The van der Waals surface area contributed by atoms with Gasteiger partial charge in [-0.3, -0.25) is 9.59 Å².